The van der Waals surface area contributed by atoms with Gasteiger partial charge in [0.25, 0.3) is 0 Å². The van der Waals surface area contributed by atoms with Gasteiger partial charge < -0.3 is 9.94 Å². The minimum absolute atomic E-state index is 0.0516. The molecule has 0 radical (unpaired) electrons. The van der Waals surface area contributed by atoms with Crippen molar-refractivity contribution >= 4 is 23.3 Å². The van der Waals surface area contributed by atoms with Gasteiger partial charge in [0.2, 0.25) is 0 Å². The molecule has 104 valence electrons. The number of aryl methyl sites for hydroxylation is 1. The first kappa shape index (κ1) is 15.5. The Balaban J connectivity index is 2.44. The molecule has 1 rings (SSSR count). The van der Waals surface area contributed by atoms with Gasteiger partial charge in [0.1, 0.15) is 0 Å². The summed E-state index contributed by atoms with van der Waals surface area (Å²) in [6, 6.07) is 7.54. The number of halogens is 1. The first-order valence-electron chi connectivity index (χ1n) is 6.19. The lowest BCUT2D eigenvalue weighted by Crippen LogP contribution is -2.21. The van der Waals surface area contributed by atoms with Crippen LogP contribution in [0.15, 0.2) is 29.4 Å². The lowest BCUT2D eigenvalue weighted by atomic mass is 10.1. The predicted octanol–water partition coefficient (Wildman–Crippen LogP) is 3.44. The van der Waals surface area contributed by atoms with Gasteiger partial charge in [-0.1, -0.05) is 28.9 Å². The molecule has 0 aliphatic heterocycles. The molecule has 1 aromatic carbocycles. The van der Waals surface area contributed by atoms with Crippen molar-refractivity contribution in [3.8, 4) is 0 Å². The van der Waals surface area contributed by atoms with E-state index in [1.165, 1.54) is 0 Å². The number of hydrogen-bond donors (Lipinski definition) is 1. The third-order valence-corrected chi connectivity index (χ3v) is 2.70. The zero-order valence-corrected chi connectivity index (χ0v) is 11.9. The van der Waals surface area contributed by atoms with Gasteiger partial charge in [-0.3, -0.25) is 0 Å². The van der Waals surface area contributed by atoms with Gasteiger partial charge in [0, 0.05) is 11.4 Å². The monoisotopic (exact) mass is 283 g/mol. The fourth-order valence-corrected chi connectivity index (χ4v) is 1.84. The van der Waals surface area contributed by atoms with E-state index in [4.69, 9.17) is 21.5 Å². The largest absolute Gasteiger partial charge is 0.458 e. The van der Waals surface area contributed by atoms with Crippen molar-refractivity contribution in [2.75, 3.05) is 0 Å². The number of nitrogens with zero attached hydrogens (tertiary/aromatic N) is 1. The summed E-state index contributed by atoms with van der Waals surface area (Å²) in [4.78, 5) is 11.5. The highest BCUT2D eigenvalue weighted by Gasteiger charge is 2.15. The molecule has 0 atom stereocenters. The summed E-state index contributed by atoms with van der Waals surface area (Å²) in [6.45, 7) is 3.50. The van der Waals surface area contributed by atoms with Gasteiger partial charge in [0.05, 0.1) is 6.10 Å². The van der Waals surface area contributed by atoms with Crippen LogP contribution in [0.3, 0.4) is 0 Å². The molecule has 0 aromatic heterocycles. The van der Waals surface area contributed by atoms with Crippen molar-refractivity contribution < 1.29 is 14.7 Å². The van der Waals surface area contributed by atoms with E-state index in [2.05, 4.69) is 5.16 Å². The maximum absolute atomic E-state index is 11.5. The Labute approximate surface area is 118 Å². The number of carbonyl (C=O) groups is 1. The molecule has 0 bridgehead atoms. The van der Waals surface area contributed by atoms with E-state index in [1.54, 1.807) is 13.8 Å². The maximum atomic E-state index is 11.5. The van der Waals surface area contributed by atoms with Crippen molar-refractivity contribution in [3.05, 3.63) is 34.9 Å². The summed E-state index contributed by atoms with van der Waals surface area (Å²) in [5, 5.41) is 12.5. The Hall–Kier alpha value is -1.55. The molecule has 0 aliphatic rings. The lowest BCUT2D eigenvalue weighted by molar-refractivity contribution is -0.139. The molecule has 0 spiro atoms. The molecule has 0 saturated heterocycles. The highest BCUT2D eigenvalue weighted by molar-refractivity contribution is 6.36. The van der Waals surface area contributed by atoms with Crippen LogP contribution in [0.1, 0.15) is 32.3 Å². The zero-order chi connectivity index (χ0) is 14.3. The average molecular weight is 284 g/mol. The Kier molecular flexibility index (Phi) is 6.36. The number of esters is 1. The Morgan fingerprint density at radius 1 is 1.47 bits per heavy atom. The van der Waals surface area contributed by atoms with Crippen LogP contribution in [0.4, 0.5) is 0 Å². The second-order valence-electron chi connectivity index (χ2n) is 4.48. The van der Waals surface area contributed by atoms with Crippen LogP contribution < -0.4 is 0 Å². The second-order valence-corrected chi connectivity index (χ2v) is 4.92. The van der Waals surface area contributed by atoms with E-state index < -0.39 is 5.97 Å². The van der Waals surface area contributed by atoms with Gasteiger partial charge >= 0.3 is 5.97 Å². The van der Waals surface area contributed by atoms with Crippen LogP contribution in [-0.4, -0.2) is 23.0 Å². The van der Waals surface area contributed by atoms with Gasteiger partial charge in [-0.05, 0) is 44.4 Å². The number of rotatable bonds is 6. The van der Waals surface area contributed by atoms with Crippen molar-refractivity contribution in [3.63, 3.8) is 0 Å². The van der Waals surface area contributed by atoms with Crippen molar-refractivity contribution in [1.29, 1.82) is 0 Å². The number of benzene rings is 1. The highest BCUT2D eigenvalue weighted by atomic mass is 35.5. The van der Waals surface area contributed by atoms with Crippen LogP contribution in [0.5, 0.6) is 0 Å². The van der Waals surface area contributed by atoms with E-state index in [0.717, 1.165) is 12.0 Å². The Bertz CT molecular complexity index is 458. The molecule has 1 aromatic rings. The van der Waals surface area contributed by atoms with Crippen LogP contribution in [0.2, 0.25) is 5.02 Å². The number of oxime groups is 1. The zero-order valence-electron chi connectivity index (χ0n) is 11.1. The summed E-state index contributed by atoms with van der Waals surface area (Å²) in [6.07, 6.45) is 1.59. The topological polar surface area (TPSA) is 58.9 Å². The standard InChI is InChI=1S/C14H18ClNO3/c1-10(2)19-14(17)13(16-18)8-4-6-11-5-3-7-12(15)9-11/h3,5,7,9-10,18H,4,6,8H2,1-2H3/b16-13+. The van der Waals surface area contributed by atoms with E-state index in [-0.39, 0.29) is 11.8 Å². The van der Waals surface area contributed by atoms with Crippen molar-refractivity contribution in [1.82, 2.24) is 0 Å². The smallest absolute Gasteiger partial charge is 0.356 e. The summed E-state index contributed by atoms with van der Waals surface area (Å²) in [5.74, 6) is -0.566. The third kappa shape index (κ3) is 5.75. The minimum Gasteiger partial charge on any atom is -0.458 e. The molecule has 5 heteroatoms. The average Bonchev–Trinajstić information content (AvgIpc) is 2.33. The van der Waals surface area contributed by atoms with Gasteiger partial charge in [-0.15, -0.1) is 0 Å². The minimum atomic E-state index is -0.566. The summed E-state index contributed by atoms with van der Waals surface area (Å²) in [5.41, 5.74) is 1.14. The van der Waals surface area contributed by atoms with E-state index in [0.29, 0.717) is 17.9 Å². The van der Waals surface area contributed by atoms with Gasteiger partial charge in [-0.25, -0.2) is 4.79 Å². The van der Waals surface area contributed by atoms with E-state index in [9.17, 15) is 4.79 Å². The highest BCUT2D eigenvalue weighted by Crippen LogP contribution is 2.13. The molecular weight excluding hydrogens is 266 g/mol. The lowest BCUT2D eigenvalue weighted by Gasteiger charge is -2.08. The fourth-order valence-electron chi connectivity index (χ4n) is 1.63. The summed E-state index contributed by atoms with van der Waals surface area (Å²) < 4.78 is 4.97. The van der Waals surface area contributed by atoms with Crippen LogP contribution in [0, 0.1) is 0 Å². The number of carbonyl (C=O) groups excluding carboxylic acids is 1. The van der Waals surface area contributed by atoms with Gasteiger partial charge in [0.15, 0.2) is 5.71 Å². The molecule has 0 saturated carbocycles. The Morgan fingerprint density at radius 2 is 2.21 bits per heavy atom. The summed E-state index contributed by atoms with van der Waals surface area (Å²) >= 11 is 5.88. The third-order valence-electron chi connectivity index (χ3n) is 2.47. The fraction of sp³-hybridized carbons (Fsp3) is 0.429. The molecule has 0 aliphatic carbocycles. The number of hydrogen-bond acceptors (Lipinski definition) is 4. The SMILES string of the molecule is CC(C)OC(=O)/C(CCCc1cccc(Cl)c1)=N/O. The second kappa shape index (κ2) is 7.79. The summed E-state index contributed by atoms with van der Waals surface area (Å²) in [7, 11) is 0. The molecular formula is C14H18ClNO3. The van der Waals surface area contributed by atoms with E-state index in [1.807, 2.05) is 24.3 Å². The molecule has 4 nitrogen and oxygen atoms in total. The normalized spacial score (nSPS) is 11.7. The predicted molar refractivity (Wildman–Crippen MR) is 74.8 cm³/mol. The molecule has 19 heavy (non-hydrogen) atoms. The first-order valence-corrected chi connectivity index (χ1v) is 6.57. The molecule has 0 unspecified atom stereocenters. The first-order chi connectivity index (χ1) is 9.02. The number of ether oxygens (including phenoxy) is 1. The molecule has 0 fully saturated rings. The van der Waals surface area contributed by atoms with Crippen LogP contribution in [-0.2, 0) is 16.0 Å². The van der Waals surface area contributed by atoms with Gasteiger partial charge in [-0.2, -0.15) is 0 Å². The molecule has 1 N–H and O–H groups in total. The van der Waals surface area contributed by atoms with Crippen molar-refractivity contribution in [2.45, 2.75) is 39.2 Å². The van der Waals surface area contributed by atoms with E-state index >= 15 is 0 Å². The molecule has 0 heterocycles. The maximum Gasteiger partial charge on any atom is 0.356 e. The Morgan fingerprint density at radius 3 is 2.79 bits per heavy atom. The van der Waals surface area contributed by atoms with Crippen LogP contribution >= 0.6 is 11.6 Å². The van der Waals surface area contributed by atoms with Crippen molar-refractivity contribution in [2.24, 2.45) is 5.16 Å². The quantitative estimate of drug-likeness (QED) is 0.376. The molecule has 0 amide bonds. The van der Waals surface area contributed by atoms with Crippen LogP contribution in [0.25, 0.3) is 0 Å².